The van der Waals surface area contributed by atoms with Crippen LogP contribution in [-0.2, 0) is 11.8 Å². The normalized spacial score (nSPS) is 11.7. The molecule has 2 aromatic heterocycles. The third-order valence-corrected chi connectivity index (χ3v) is 4.59. The second-order valence-corrected chi connectivity index (χ2v) is 10.6. The van der Waals surface area contributed by atoms with Crippen molar-refractivity contribution in [3.05, 3.63) is 17.8 Å². The number of nitrogens with zero attached hydrogens (tertiary/aromatic N) is 3. The lowest BCUT2D eigenvalue weighted by molar-refractivity contribution is 0.0513. The number of aromatic nitrogens is 3. The molecule has 0 fully saturated rings. The Kier molecular flexibility index (Phi) is 3.80. The Morgan fingerprint density at radius 3 is 2.60 bits per heavy atom. The van der Waals surface area contributed by atoms with Gasteiger partial charge in [0.05, 0.1) is 6.61 Å². The van der Waals surface area contributed by atoms with Crippen molar-refractivity contribution in [1.29, 1.82) is 0 Å². The van der Waals surface area contributed by atoms with E-state index < -0.39 is 8.07 Å². The van der Waals surface area contributed by atoms with Crippen LogP contribution >= 0.6 is 0 Å². The molecule has 0 bridgehead atoms. The highest BCUT2D eigenvalue weighted by Crippen LogP contribution is 2.18. The van der Waals surface area contributed by atoms with Crippen LogP contribution in [0.15, 0.2) is 16.7 Å². The van der Waals surface area contributed by atoms with E-state index in [2.05, 4.69) is 29.9 Å². The first-order valence-electron chi connectivity index (χ1n) is 6.51. The predicted octanol–water partition coefficient (Wildman–Crippen LogP) is 1.80. The second-order valence-electron chi connectivity index (χ2n) is 5.59. The molecule has 0 atom stereocenters. The van der Waals surface area contributed by atoms with Crippen LogP contribution < -0.4 is 5.38 Å². The van der Waals surface area contributed by atoms with Crippen molar-refractivity contribution < 1.29 is 14.1 Å². The van der Waals surface area contributed by atoms with Crippen molar-refractivity contribution in [3.8, 4) is 11.4 Å². The summed E-state index contributed by atoms with van der Waals surface area (Å²) in [6.45, 7) is 8.65. The van der Waals surface area contributed by atoms with Crippen LogP contribution in [0.2, 0.25) is 19.6 Å². The van der Waals surface area contributed by atoms with Crippen LogP contribution in [0, 0.1) is 0 Å². The molecule has 2 aromatic rings. The first-order valence-corrected chi connectivity index (χ1v) is 10.0. The molecule has 0 aliphatic heterocycles. The summed E-state index contributed by atoms with van der Waals surface area (Å²) in [5.41, 5.74) is 1.66. The highest BCUT2D eigenvalue weighted by atomic mass is 28.3. The topological polar surface area (TPSA) is 70.2 Å². The minimum absolute atomic E-state index is 0.336. The Labute approximate surface area is 118 Å². The monoisotopic (exact) mass is 293 g/mol. The van der Waals surface area contributed by atoms with E-state index in [0.29, 0.717) is 23.7 Å². The van der Waals surface area contributed by atoms with Gasteiger partial charge in [0.1, 0.15) is 30.5 Å². The Hall–Kier alpha value is -1.89. The average molecular weight is 293 g/mol. The van der Waals surface area contributed by atoms with E-state index >= 15 is 0 Å². The fourth-order valence-corrected chi connectivity index (χ4v) is 2.63. The molecule has 0 N–H and O–H groups in total. The molecule has 6 nitrogen and oxygen atoms in total. The Morgan fingerprint density at radius 1 is 1.35 bits per heavy atom. The van der Waals surface area contributed by atoms with Gasteiger partial charge in [-0.25, -0.2) is 4.79 Å². The average Bonchev–Trinajstić information content (AvgIpc) is 2.94. The van der Waals surface area contributed by atoms with Crippen LogP contribution in [0.4, 0.5) is 0 Å². The van der Waals surface area contributed by atoms with Crippen LogP contribution in [0.1, 0.15) is 17.4 Å². The summed E-state index contributed by atoms with van der Waals surface area (Å²) in [6, 6.07) is 3.58. The molecule has 0 saturated carbocycles. The quantitative estimate of drug-likeness (QED) is 0.635. The largest absolute Gasteiger partial charge is 0.461 e. The van der Waals surface area contributed by atoms with E-state index in [-0.39, 0.29) is 5.97 Å². The second kappa shape index (κ2) is 5.24. The van der Waals surface area contributed by atoms with Crippen LogP contribution in [0.5, 0.6) is 0 Å². The first kappa shape index (κ1) is 14.5. The molecule has 0 aliphatic rings. The summed E-state index contributed by atoms with van der Waals surface area (Å²) in [6.07, 6.45) is 0. The Morgan fingerprint density at radius 2 is 2.05 bits per heavy atom. The Bertz CT molecular complexity index is 625. The predicted molar refractivity (Wildman–Crippen MR) is 77.6 cm³/mol. The zero-order chi connectivity index (χ0) is 14.9. The van der Waals surface area contributed by atoms with Crippen LogP contribution in [0.3, 0.4) is 0 Å². The van der Waals surface area contributed by atoms with Crippen LogP contribution in [-0.4, -0.2) is 35.6 Å². The van der Waals surface area contributed by atoms with E-state index in [1.54, 1.807) is 20.0 Å². The summed E-state index contributed by atoms with van der Waals surface area (Å²) < 4.78 is 11.9. The van der Waals surface area contributed by atoms with Gasteiger partial charge in [0.25, 0.3) is 0 Å². The fraction of sp³-hybridized carbons (Fsp3) is 0.462. The minimum Gasteiger partial charge on any atom is -0.461 e. The summed E-state index contributed by atoms with van der Waals surface area (Å²) in [7, 11) is 0.162. The van der Waals surface area contributed by atoms with E-state index in [0.717, 1.165) is 5.38 Å². The molecule has 0 spiro atoms. The SMILES string of the molecule is CCOC(=O)c1cc(-c2cc([Si](C)(C)C)on2)nn1C. The van der Waals surface area contributed by atoms with E-state index in [1.165, 1.54) is 4.68 Å². The molecule has 20 heavy (non-hydrogen) atoms. The van der Waals surface area contributed by atoms with Gasteiger partial charge in [-0.15, -0.1) is 0 Å². The zero-order valence-electron chi connectivity index (χ0n) is 12.4. The highest BCUT2D eigenvalue weighted by Gasteiger charge is 2.24. The van der Waals surface area contributed by atoms with Crippen molar-refractivity contribution >= 4 is 19.4 Å². The Balaban J connectivity index is 2.33. The van der Waals surface area contributed by atoms with Gasteiger partial charge >= 0.3 is 5.97 Å². The third-order valence-electron chi connectivity index (χ3n) is 2.88. The van der Waals surface area contributed by atoms with Crippen molar-refractivity contribution in [3.63, 3.8) is 0 Å². The number of carbonyl (C=O) groups excluding carboxylic acids is 1. The molecule has 0 aliphatic carbocycles. The minimum atomic E-state index is -1.54. The summed E-state index contributed by atoms with van der Waals surface area (Å²) in [4.78, 5) is 11.8. The number of rotatable bonds is 4. The lowest BCUT2D eigenvalue weighted by atomic mass is 10.3. The van der Waals surface area contributed by atoms with Gasteiger partial charge < -0.3 is 9.26 Å². The van der Waals surface area contributed by atoms with Crippen molar-refractivity contribution in [2.75, 3.05) is 6.61 Å². The molecule has 0 saturated heterocycles. The molecular formula is C13H19N3O3Si. The first-order chi connectivity index (χ1) is 9.32. The van der Waals surface area contributed by atoms with Gasteiger partial charge in [-0.3, -0.25) is 4.68 Å². The number of carbonyl (C=O) groups is 1. The van der Waals surface area contributed by atoms with Crippen LogP contribution in [0.25, 0.3) is 11.4 Å². The lowest BCUT2D eigenvalue weighted by Gasteiger charge is -2.08. The molecule has 0 aromatic carbocycles. The molecule has 2 rings (SSSR count). The van der Waals surface area contributed by atoms with Crippen molar-refractivity contribution in [2.24, 2.45) is 7.05 Å². The summed E-state index contributed by atoms with van der Waals surface area (Å²) >= 11 is 0. The summed E-state index contributed by atoms with van der Waals surface area (Å²) in [5.74, 6) is -0.386. The lowest BCUT2D eigenvalue weighted by Crippen LogP contribution is -2.36. The summed E-state index contributed by atoms with van der Waals surface area (Å²) in [5, 5.41) is 9.25. The molecule has 7 heteroatoms. The number of aryl methyl sites for hydroxylation is 1. The molecule has 2 heterocycles. The molecule has 0 amide bonds. The number of esters is 1. The van der Waals surface area contributed by atoms with E-state index in [1.807, 2.05) is 6.07 Å². The van der Waals surface area contributed by atoms with Gasteiger partial charge in [-0.1, -0.05) is 24.8 Å². The molecule has 0 radical (unpaired) electrons. The highest BCUT2D eigenvalue weighted by molar-refractivity contribution is 6.87. The molecule has 108 valence electrons. The maximum Gasteiger partial charge on any atom is 0.356 e. The van der Waals surface area contributed by atoms with Crippen molar-refractivity contribution in [1.82, 2.24) is 14.9 Å². The smallest absolute Gasteiger partial charge is 0.356 e. The van der Waals surface area contributed by atoms with Gasteiger partial charge in [0, 0.05) is 19.2 Å². The fourth-order valence-electron chi connectivity index (χ4n) is 1.74. The van der Waals surface area contributed by atoms with Gasteiger partial charge in [-0.05, 0) is 6.92 Å². The maximum absolute atomic E-state index is 11.8. The molecule has 0 unspecified atom stereocenters. The number of hydrogen-bond acceptors (Lipinski definition) is 5. The molecular weight excluding hydrogens is 274 g/mol. The van der Waals surface area contributed by atoms with E-state index in [9.17, 15) is 4.79 Å². The zero-order valence-corrected chi connectivity index (χ0v) is 13.4. The van der Waals surface area contributed by atoms with Gasteiger partial charge in [0.2, 0.25) is 0 Å². The number of ether oxygens (including phenoxy) is 1. The van der Waals surface area contributed by atoms with Gasteiger partial charge in [-0.2, -0.15) is 5.10 Å². The van der Waals surface area contributed by atoms with Gasteiger partial charge in [0.15, 0.2) is 0 Å². The van der Waals surface area contributed by atoms with Crippen molar-refractivity contribution in [2.45, 2.75) is 26.6 Å². The standard InChI is InChI=1S/C13H19N3O3Si/c1-6-18-13(17)11-7-9(14-16(11)2)10-8-12(19-15-10)20(3,4)5/h7-8H,6H2,1-5H3. The third kappa shape index (κ3) is 2.82. The maximum atomic E-state index is 11.8. The number of hydrogen-bond donors (Lipinski definition) is 0. The van der Waals surface area contributed by atoms with E-state index in [4.69, 9.17) is 9.26 Å².